The van der Waals surface area contributed by atoms with Crippen molar-refractivity contribution in [3.05, 3.63) is 0 Å². The van der Waals surface area contributed by atoms with Crippen molar-refractivity contribution < 1.29 is 41.8 Å². The molecule has 0 saturated carbocycles. The SMILES string of the molecule is NCC(=O)O.O.O.O.[AlH3].[Cl][Zr]([Cl])([Cl])[Cl]. The van der Waals surface area contributed by atoms with Crippen LogP contribution in [-0.4, -0.2) is 51.4 Å². The van der Waals surface area contributed by atoms with E-state index in [1.807, 2.05) is 0 Å². The van der Waals surface area contributed by atoms with Crippen LogP contribution in [0.3, 0.4) is 0 Å². The summed E-state index contributed by atoms with van der Waals surface area (Å²) in [5.74, 6) is -0.968. The second-order valence-electron chi connectivity index (χ2n) is 1.03. The van der Waals surface area contributed by atoms with E-state index in [1.165, 1.54) is 0 Å². The summed E-state index contributed by atoms with van der Waals surface area (Å²) < 4.78 is 0. The van der Waals surface area contributed by atoms with Gasteiger partial charge in [-0.15, -0.1) is 0 Å². The third kappa shape index (κ3) is 153. The molecule has 0 fully saturated rings. The van der Waals surface area contributed by atoms with Gasteiger partial charge in [0.2, 0.25) is 0 Å². The van der Waals surface area contributed by atoms with Gasteiger partial charge in [-0.1, -0.05) is 0 Å². The Morgan fingerprint density at radius 1 is 1.14 bits per heavy atom. The van der Waals surface area contributed by atoms with Crippen molar-refractivity contribution in [3.8, 4) is 0 Å². The van der Waals surface area contributed by atoms with Crippen LogP contribution >= 0.6 is 34.1 Å². The molecule has 0 aromatic carbocycles. The maximum absolute atomic E-state index is 9.24. The normalized spacial score (nSPS) is 6.93. The Morgan fingerprint density at radius 3 is 1.21 bits per heavy atom. The Labute approximate surface area is 110 Å². The van der Waals surface area contributed by atoms with Crippen LogP contribution in [0.4, 0.5) is 0 Å². The number of nitrogens with two attached hydrogens (primary N) is 1. The summed E-state index contributed by atoms with van der Waals surface area (Å²) in [6, 6.07) is 0. The molecular weight excluding hydrogens is 378 g/mol. The molecule has 0 radical (unpaired) electrons. The van der Waals surface area contributed by atoms with Gasteiger partial charge in [-0.05, 0) is 0 Å². The first-order chi connectivity index (χ1) is 4.27. The van der Waals surface area contributed by atoms with Crippen LogP contribution in [0.1, 0.15) is 0 Å². The molecule has 92 valence electrons. The van der Waals surface area contributed by atoms with E-state index in [0.717, 1.165) is 0 Å². The van der Waals surface area contributed by atoms with Gasteiger partial charge in [-0.3, -0.25) is 4.79 Å². The third-order valence-electron chi connectivity index (χ3n) is 0.175. The van der Waals surface area contributed by atoms with Crippen LogP contribution in [-0.2, 0) is 20.3 Å². The monoisotopic (exact) mass is 389 g/mol. The van der Waals surface area contributed by atoms with E-state index in [0.29, 0.717) is 0 Å². The summed E-state index contributed by atoms with van der Waals surface area (Å²) in [6.07, 6.45) is 0. The van der Waals surface area contributed by atoms with Crippen LogP contribution in [0, 0.1) is 0 Å². The van der Waals surface area contributed by atoms with Crippen molar-refractivity contribution in [3.63, 3.8) is 0 Å². The predicted octanol–water partition coefficient (Wildman–Crippen LogP) is -1.87. The van der Waals surface area contributed by atoms with Crippen LogP contribution < -0.4 is 5.73 Å². The van der Waals surface area contributed by atoms with Crippen LogP contribution in [0.15, 0.2) is 0 Å². The summed E-state index contributed by atoms with van der Waals surface area (Å²) in [5, 5.41) is 7.60. The summed E-state index contributed by atoms with van der Waals surface area (Å²) in [6.45, 7) is -0.278. The van der Waals surface area contributed by atoms with Crippen molar-refractivity contribution >= 4 is 57.4 Å². The van der Waals surface area contributed by atoms with Gasteiger partial charge in [-0.25, -0.2) is 0 Å². The molecule has 0 aromatic heterocycles. The zero-order valence-corrected chi connectivity index (χ0v) is 11.6. The van der Waals surface area contributed by atoms with Gasteiger partial charge in [-0.2, -0.15) is 0 Å². The number of halogens is 4. The van der Waals surface area contributed by atoms with Crippen molar-refractivity contribution in [2.24, 2.45) is 5.73 Å². The summed E-state index contributed by atoms with van der Waals surface area (Å²) in [5.41, 5.74) is 4.57. The molecular formula is C2H14AlCl4NO5Zr. The molecule has 12 heteroatoms. The van der Waals surface area contributed by atoms with Crippen LogP contribution in [0.2, 0.25) is 0 Å². The van der Waals surface area contributed by atoms with Crippen molar-refractivity contribution in [2.45, 2.75) is 0 Å². The quantitative estimate of drug-likeness (QED) is 0.502. The van der Waals surface area contributed by atoms with E-state index in [1.54, 1.807) is 0 Å². The summed E-state index contributed by atoms with van der Waals surface area (Å²) in [4.78, 5) is 9.24. The Kier molecular flexibility index (Phi) is 52.3. The molecule has 0 amide bonds. The molecule has 0 aliphatic rings. The predicted molar refractivity (Wildman–Crippen MR) is 60.9 cm³/mol. The molecule has 0 unspecified atom stereocenters. The Bertz CT molecular complexity index is 108. The molecule has 0 aromatic rings. The summed E-state index contributed by atoms with van der Waals surface area (Å²) >= 11 is -3.29. The number of hydrogen-bond acceptors (Lipinski definition) is 2. The van der Waals surface area contributed by atoms with E-state index in [-0.39, 0.29) is 40.3 Å². The minimum absolute atomic E-state index is 0. The van der Waals surface area contributed by atoms with E-state index in [2.05, 4.69) is 5.73 Å². The number of rotatable bonds is 1. The molecule has 0 saturated heterocycles. The van der Waals surface area contributed by atoms with E-state index >= 15 is 0 Å². The van der Waals surface area contributed by atoms with E-state index < -0.39 is 21.5 Å². The Morgan fingerprint density at radius 2 is 1.21 bits per heavy atom. The van der Waals surface area contributed by atoms with Gasteiger partial charge in [0.1, 0.15) is 0 Å². The number of carboxylic acids is 1. The van der Waals surface area contributed by atoms with E-state index in [4.69, 9.17) is 39.2 Å². The van der Waals surface area contributed by atoms with Gasteiger partial charge in [0.25, 0.3) is 0 Å². The standard InChI is InChI=1S/C2H5NO2.Al.4ClH.3H2O.Zr.3H/c3-1-2(4)5;;;;;;;;;;;;/h1,3H2,(H,4,5);;4*1H;3*1H2;;;;/q;;;;;;;;;+4;;;/p-4. The fraction of sp³-hybridized carbons (Fsp3) is 0.500. The summed E-state index contributed by atoms with van der Waals surface area (Å²) in [7, 11) is 20.1. The van der Waals surface area contributed by atoms with Gasteiger partial charge >= 0.3 is 55.5 Å². The van der Waals surface area contributed by atoms with Gasteiger partial charge in [0.15, 0.2) is 17.4 Å². The van der Waals surface area contributed by atoms with Crippen LogP contribution in [0.25, 0.3) is 0 Å². The van der Waals surface area contributed by atoms with Crippen molar-refractivity contribution in [1.82, 2.24) is 0 Å². The number of carbonyl (C=O) groups is 1. The molecule has 0 aliphatic heterocycles. The van der Waals surface area contributed by atoms with E-state index in [9.17, 15) is 4.79 Å². The minimum atomic E-state index is -3.29. The zero-order chi connectivity index (χ0) is 8.78. The van der Waals surface area contributed by atoms with Crippen molar-refractivity contribution in [2.75, 3.05) is 6.54 Å². The third-order valence-corrected chi connectivity index (χ3v) is 0.175. The molecule has 9 N–H and O–H groups in total. The molecule has 0 heterocycles. The van der Waals surface area contributed by atoms with Crippen LogP contribution in [0.5, 0.6) is 0 Å². The Hall–Kier alpha value is 1.89. The first kappa shape index (κ1) is 36.0. The molecule has 0 aliphatic carbocycles. The fourth-order valence-electron chi connectivity index (χ4n) is 0. The fourth-order valence-corrected chi connectivity index (χ4v) is 0. The number of carboxylic acid groups (broad SMARTS) is 1. The Balaban J connectivity index is -0.0000000178. The van der Waals surface area contributed by atoms with Gasteiger partial charge in [0.05, 0.1) is 6.54 Å². The molecule has 0 atom stereocenters. The first-order valence-electron chi connectivity index (χ1n) is 1.95. The first-order valence-corrected chi connectivity index (χ1v) is 14.6. The molecule has 14 heavy (non-hydrogen) atoms. The van der Waals surface area contributed by atoms with Gasteiger partial charge < -0.3 is 27.3 Å². The topological polar surface area (TPSA) is 158 Å². The molecule has 6 nitrogen and oxygen atoms in total. The molecule has 0 rings (SSSR count). The maximum atomic E-state index is 9.24. The number of aliphatic carboxylic acids is 1. The average Bonchev–Trinajstić information content (AvgIpc) is 1.61. The van der Waals surface area contributed by atoms with Gasteiger partial charge in [0, 0.05) is 0 Å². The van der Waals surface area contributed by atoms with Crippen molar-refractivity contribution in [1.29, 1.82) is 0 Å². The second kappa shape index (κ2) is 20.3. The second-order valence-corrected chi connectivity index (χ2v) is 23.4. The zero-order valence-electron chi connectivity index (χ0n) is 6.15. The average molecular weight is 392 g/mol. The number of hydrogen-bond donors (Lipinski definition) is 2. The molecule has 0 spiro atoms. The molecule has 0 bridgehead atoms.